The molecule has 0 radical (unpaired) electrons. The minimum Gasteiger partial charge on any atom is -0.477 e. The smallest absolute Gasteiger partial charge is 0.460 e. The molecule has 0 bridgehead atoms. The molecule has 0 aliphatic rings. The highest BCUT2D eigenvalue weighted by Crippen LogP contribution is 2.36. The summed E-state index contributed by atoms with van der Waals surface area (Å²) >= 11 is 0. The van der Waals surface area contributed by atoms with Crippen LogP contribution in [0.5, 0.6) is 0 Å². The number of hydrogen-bond acceptors (Lipinski definition) is 4. The van der Waals surface area contributed by atoms with E-state index >= 15 is 0 Å². The molecule has 1 aromatic carbocycles. The van der Waals surface area contributed by atoms with Gasteiger partial charge in [0.2, 0.25) is 0 Å². The van der Waals surface area contributed by atoms with Gasteiger partial charge in [0.25, 0.3) is 5.69 Å². The zero-order valence-electron chi connectivity index (χ0n) is 9.56. The highest BCUT2D eigenvalue weighted by atomic mass is 19.4. The van der Waals surface area contributed by atoms with Crippen molar-refractivity contribution in [2.75, 3.05) is 0 Å². The summed E-state index contributed by atoms with van der Waals surface area (Å²) in [5, 5.41) is 18.6. The number of carboxylic acid groups (broad SMARTS) is 1. The topological polar surface area (TPSA) is 89.7 Å². The summed E-state index contributed by atoms with van der Waals surface area (Å²) in [7, 11) is 0. The Kier molecular flexibility index (Phi) is 4.28. The quantitative estimate of drug-likeness (QED) is 0.512. The zero-order chi connectivity index (χ0) is 15.6. The molecule has 0 saturated heterocycles. The van der Waals surface area contributed by atoms with Gasteiger partial charge in [0.1, 0.15) is 0 Å². The fraction of sp³-hybridized carbons (Fsp3) is 0.300. The number of carboxylic acids is 1. The first kappa shape index (κ1) is 15.8. The normalized spacial score (nSPS) is 14.6. The second kappa shape index (κ2) is 5.41. The van der Waals surface area contributed by atoms with Crippen LogP contribution in [0.1, 0.15) is 5.56 Å². The minimum atomic E-state index is -5.75. The van der Waals surface area contributed by atoms with E-state index in [9.17, 15) is 32.5 Å². The number of benzene rings is 1. The monoisotopic (exact) mass is 297 g/mol. The molecule has 0 aliphatic heterocycles. The van der Waals surface area contributed by atoms with Gasteiger partial charge >= 0.3 is 18.0 Å². The van der Waals surface area contributed by atoms with Gasteiger partial charge in [0.05, 0.1) is 11.5 Å². The molecular weight excluding hydrogens is 290 g/mol. The van der Waals surface area contributed by atoms with Gasteiger partial charge in [0.15, 0.2) is 0 Å². The molecule has 110 valence electrons. The Morgan fingerprint density at radius 1 is 1.25 bits per heavy atom. The molecule has 1 unspecified atom stereocenters. The van der Waals surface area contributed by atoms with Crippen LogP contribution >= 0.6 is 0 Å². The van der Waals surface area contributed by atoms with Crippen LogP contribution in [-0.4, -0.2) is 28.0 Å². The Hall–Kier alpha value is -2.23. The molecule has 20 heavy (non-hydrogen) atoms. The Morgan fingerprint density at radius 2 is 1.75 bits per heavy atom. The number of nitrogens with zero attached hydrogens (tertiary/aromatic N) is 1. The minimum absolute atomic E-state index is 0.0527. The van der Waals surface area contributed by atoms with E-state index in [1.165, 1.54) is 0 Å². The van der Waals surface area contributed by atoms with E-state index in [0.717, 1.165) is 24.3 Å². The lowest BCUT2D eigenvalue weighted by Gasteiger charge is -2.23. The maximum atomic E-state index is 13.3. The van der Waals surface area contributed by atoms with Gasteiger partial charge in [0, 0.05) is 12.1 Å². The second-order valence-corrected chi connectivity index (χ2v) is 3.61. The number of carbonyl (C=O) groups is 1. The molecule has 1 atom stereocenters. The van der Waals surface area contributed by atoms with Crippen molar-refractivity contribution < 1.29 is 37.1 Å². The van der Waals surface area contributed by atoms with Crippen molar-refractivity contribution in [3.05, 3.63) is 39.9 Å². The Balaban J connectivity index is 2.84. The van der Waals surface area contributed by atoms with Crippen molar-refractivity contribution >= 4 is 11.7 Å². The summed E-state index contributed by atoms with van der Waals surface area (Å²) < 4.78 is 53.8. The van der Waals surface area contributed by atoms with Gasteiger partial charge in [-0.1, -0.05) is 0 Å². The molecule has 0 fully saturated rings. The van der Waals surface area contributed by atoms with Gasteiger partial charge in [-0.2, -0.15) is 17.6 Å². The molecule has 0 heterocycles. The van der Waals surface area contributed by atoms with E-state index in [0.29, 0.717) is 0 Å². The number of nitro benzene ring substituents is 1. The molecule has 6 nitrogen and oxygen atoms in total. The standard InChI is InChI=1S/C10H7F4NO5/c11-9(8(16)17,10(12,13)14)20-5-6-1-3-7(4-2-6)15(18)19/h1-4H,5H2,(H,16,17). The van der Waals surface area contributed by atoms with Crippen LogP contribution < -0.4 is 0 Å². The molecule has 1 N–H and O–H groups in total. The maximum absolute atomic E-state index is 13.3. The van der Waals surface area contributed by atoms with Crippen LogP contribution in [0.3, 0.4) is 0 Å². The average Bonchev–Trinajstić information content (AvgIpc) is 2.34. The predicted octanol–water partition coefficient (Wildman–Crippen LogP) is 2.42. The largest absolute Gasteiger partial charge is 0.477 e. The first-order valence-corrected chi connectivity index (χ1v) is 4.94. The number of rotatable bonds is 5. The van der Waals surface area contributed by atoms with Crippen molar-refractivity contribution in [3.8, 4) is 0 Å². The third-order valence-corrected chi connectivity index (χ3v) is 2.22. The molecular formula is C10H7F4NO5. The molecule has 0 saturated carbocycles. The number of halogens is 4. The first-order valence-electron chi connectivity index (χ1n) is 4.94. The fourth-order valence-electron chi connectivity index (χ4n) is 1.16. The SMILES string of the molecule is O=C(O)C(F)(OCc1ccc([N+](=O)[O-])cc1)C(F)(F)F. The van der Waals surface area contributed by atoms with Crippen molar-refractivity contribution in [1.82, 2.24) is 0 Å². The van der Waals surface area contributed by atoms with E-state index in [1.807, 2.05) is 0 Å². The maximum Gasteiger partial charge on any atom is 0.460 e. The molecule has 10 heteroatoms. The summed E-state index contributed by atoms with van der Waals surface area (Å²) in [6.45, 7) is -1.01. The predicted molar refractivity (Wildman–Crippen MR) is 55.4 cm³/mol. The van der Waals surface area contributed by atoms with Crippen LogP contribution in [-0.2, 0) is 16.1 Å². The summed E-state index contributed by atoms with van der Waals surface area (Å²) in [5.74, 6) is -7.67. The Morgan fingerprint density at radius 3 is 2.10 bits per heavy atom. The number of alkyl halides is 4. The van der Waals surface area contributed by atoms with Crippen molar-refractivity contribution in [2.24, 2.45) is 0 Å². The van der Waals surface area contributed by atoms with Gasteiger partial charge < -0.3 is 9.84 Å². The van der Waals surface area contributed by atoms with Crippen molar-refractivity contribution in [3.63, 3.8) is 0 Å². The molecule has 1 rings (SSSR count). The van der Waals surface area contributed by atoms with Gasteiger partial charge in [-0.25, -0.2) is 4.79 Å². The Bertz CT molecular complexity index is 515. The number of nitro groups is 1. The molecule has 1 aromatic rings. The summed E-state index contributed by atoms with van der Waals surface area (Å²) in [6, 6.07) is 3.98. The van der Waals surface area contributed by atoms with Crippen molar-refractivity contribution in [1.29, 1.82) is 0 Å². The van der Waals surface area contributed by atoms with Crippen molar-refractivity contribution in [2.45, 2.75) is 18.6 Å². The molecule has 0 spiro atoms. The van der Waals surface area contributed by atoms with Gasteiger partial charge in [-0.3, -0.25) is 10.1 Å². The van der Waals surface area contributed by atoms with Crippen LogP contribution in [0.4, 0.5) is 23.2 Å². The van der Waals surface area contributed by atoms with E-state index in [4.69, 9.17) is 5.11 Å². The number of aliphatic carboxylic acids is 1. The number of ether oxygens (including phenoxy) is 1. The van der Waals surface area contributed by atoms with Crippen LogP contribution in [0.2, 0.25) is 0 Å². The van der Waals surface area contributed by atoms with Crippen LogP contribution in [0.25, 0.3) is 0 Å². The van der Waals surface area contributed by atoms with Crippen LogP contribution in [0, 0.1) is 10.1 Å². The van der Waals surface area contributed by atoms with Gasteiger partial charge in [-0.05, 0) is 17.7 Å². The third kappa shape index (κ3) is 3.20. The van der Waals surface area contributed by atoms with E-state index in [-0.39, 0.29) is 11.3 Å². The second-order valence-electron chi connectivity index (χ2n) is 3.61. The summed E-state index contributed by atoms with van der Waals surface area (Å²) in [5.41, 5.74) is -0.377. The summed E-state index contributed by atoms with van der Waals surface area (Å²) in [4.78, 5) is 19.9. The lowest BCUT2D eigenvalue weighted by Crippen LogP contribution is -2.50. The zero-order valence-corrected chi connectivity index (χ0v) is 9.56. The van der Waals surface area contributed by atoms with Gasteiger partial charge in [-0.15, -0.1) is 0 Å². The number of hydrogen-bond donors (Lipinski definition) is 1. The molecule has 0 aromatic heterocycles. The first-order chi connectivity index (χ1) is 9.08. The highest BCUT2D eigenvalue weighted by Gasteiger charge is 2.64. The summed E-state index contributed by atoms with van der Waals surface area (Å²) in [6.07, 6.45) is -5.75. The highest BCUT2D eigenvalue weighted by molar-refractivity contribution is 5.76. The van der Waals surface area contributed by atoms with E-state index < -0.39 is 29.5 Å². The molecule has 0 amide bonds. The van der Waals surface area contributed by atoms with Crippen LogP contribution in [0.15, 0.2) is 24.3 Å². The van der Waals surface area contributed by atoms with E-state index in [2.05, 4.69) is 4.74 Å². The lowest BCUT2D eigenvalue weighted by molar-refractivity contribution is -0.384. The fourth-order valence-corrected chi connectivity index (χ4v) is 1.16. The third-order valence-electron chi connectivity index (χ3n) is 2.22. The average molecular weight is 297 g/mol. The molecule has 0 aliphatic carbocycles. The van der Waals surface area contributed by atoms with E-state index in [1.54, 1.807) is 0 Å². The lowest BCUT2D eigenvalue weighted by atomic mass is 10.2. The number of non-ortho nitro benzene ring substituents is 1. The Labute approximate surface area is 108 Å².